The third-order valence-corrected chi connectivity index (χ3v) is 5.32. The zero-order valence-electron chi connectivity index (χ0n) is 14.0. The molecular weight excluding hydrogens is 314 g/mol. The summed E-state index contributed by atoms with van der Waals surface area (Å²) in [5, 5.41) is 13.7. The molecule has 0 unspecified atom stereocenters. The van der Waals surface area contributed by atoms with Crippen LogP contribution in [0.5, 0.6) is 0 Å². The Bertz CT molecular complexity index is 772. The van der Waals surface area contributed by atoms with E-state index in [1.54, 1.807) is 13.8 Å². The molecule has 1 aromatic rings. The molecule has 3 heterocycles. The molecule has 130 valence electrons. The summed E-state index contributed by atoms with van der Waals surface area (Å²) in [7, 11) is 1.50. The highest BCUT2D eigenvalue weighted by Gasteiger charge is 2.55. The predicted octanol–water partition coefficient (Wildman–Crippen LogP) is -0.0396. The first-order valence-corrected chi connectivity index (χ1v) is 7.93. The zero-order chi connectivity index (χ0) is 17.6. The number of carbonyl (C=O) groups is 2. The van der Waals surface area contributed by atoms with Gasteiger partial charge in [0.05, 0.1) is 12.3 Å². The van der Waals surface area contributed by atoms with Gasteiger partial charge in [-0.1, -0.05) is 0 Å². The number of fused-ring (bicyclic) bond motifs is 1. The van der Waals surface area contributed by atoms with Crippen molar-refractivity contribution in [2.24, 2.45) is 18.4 Å². The SMILES string of the molecule is Cc1nn(C)c(=O)c(C(=O)N2C[C@@H]3CCOC[C@]3(C(=O)O)C2)c1C. The lowest BCUT2D eigenvalue weighted by atomic mass is 9.76. The van der Waals surface area contributed by atoms with E-state index in [4.69, 9.17) is 4.74 Å². The molecule has 0 aliphatic carbocycles. The summed E-state index contributed by atoms with van der Waals surface area (Å²) >= 11 is 0. The number of ether oxygens (including phenoxy) is 1. The van der Waals surface area contributed by atoms with E-state index < -0.39 is 22.9 Å². The molecular formula is C16H21N3O5. The van der Waals surface area contributed by atoms with Crippen LogP contribution in [0.15, 0.2) is 4.79 Å². The molecule has 1 amide bonds. The fourth-order valence-corrected chi connectivity index (χ4v) is 3.70. The molecule has 0 aromatic carbocycles. The van der Waals surface area contributed by atoms with E-state index in [0.29, 0.717) is 30.8 Å². The number of nitrogens with zero attached hydrogens (tertiary/aromatic N) is 3. The van der Waals surface area contributed by atoms with E-state index in [2.05, 4.69) is 5.10 Å². The molecule has 0 spiro atoms. The lowest BCUT2D eigenvalue weighted by Gasteiger charge is -2.33. The fourth-order valence-electron chi connectivity index (χ4n) is 3.70. The lowest BCUT2D eigenvalue weighted by molar-refractivity contribution is -0.159. The maximum atomic E-state index is 13.0. The Hall–Kier alpha value is -2.22. The van der Waals surface area contributed by atoms with Crippen LogP contribution in [0, 0.1) is 25.2 Å². The van der Waals surface area contributed by atoms with Crippen molar-refractivity contribution >= 4 is 11.9 Å². The summed E-state index contributed by atoms with van der Waals surface area (Å²) in [6.07, 6.45) is 0.600. The highest BCUT2D eigenvalue weighted by atomic mass is 16.5. The fraction of sp³-hybridized carbons (Fsp3) is 0.625. The molecule has 2 aliphatic rings. The van der Waals surface area contributed by atoms with Crippen molar-refractivity contribution in [1.29, 1.82) is 0 Å². The quantitative estimate of drug-likeness (QED) is 0.814. The average Bonchev–Trinajstić information content (AvgIpc) is 2.94. The standard InChI is InChI=1S/C16H21N3O5/c1-9-10(2)17-18(3)13(20)12(9)14(21)19-6-11-4-5-24-8-16(11,7-19)15(22)23/h11H,4-8H2,1-3H3,(H,22,23)/t11-,16+/m0/s1. The van der Waals surface area contributed by atoms with Gasteiger partial charge in [-0.2, -0.15) is 5.10 Å². The van der Waals surface area contributed by atoms with E-state index in [1.165, 1.54) is 11.9 Å². The summed E-state index contributed by atoms with van der Waals surface area (Å²) in [5.41, 5.74) is -0.314. The van der Waals surface area contributed by atoms with E-state index >= 15 is 0 Å². The highest BCUT2D eigenvalue weighted by Crippen LogP contribution is 2.42. The van der Waals surface area contributed by atoms with Gasteiger partial charge < -0.3 is 14.7 Å². The molecule has 8 heteroatoms. The van der Waals surface area contributed by atoms with Crippen LogP contribution in [0.2, 0.25) is 0 Å². The molecule has 8 nitrogen and oxygen atoms in total. The summed E-state index contributed by atoms with van der Waals surface area (Å²) in [6.45, 7) is 4.42. The zero-order valence-corrected chi connectivity index (χ0v) is 14.0. The Labute approximate surface area is 139 Å². The maximum Gasteiger partial charge on any atom is 0.314 e. The largest absolute Gasteiger partial charge is 0.481 e. The number of carbonyl (C=O) groups excluding carboxylic acids is 1. The summed E-state index contributed by atoms with van der Waals surface area (Å²) in [4.78, 5) is 38.6. The molecule has 2 atom stereocenters. The van der Waals surface area contributed by atoms with Crippen LogP contribution in [0.25, 0.3) is 0 Å². The summed E-state index contributed by atoms with van der Waals surface area (Å²) in [5.74, 6) is -1.52. The van der Waals surface area contributed by atoms with Gasteiger partial charge >= 0.3 is 5.97 Å². The summed E-state index contributed by atoms with van der Waals surface area (Å²) in [6, 6.07) is 0. The third-order valence-electron chi connectivity index (χ3n) is 5.32. The van der Waals surface area contributed by atoms with Crippen LogP contribution >= 0.6 is 0 Å². The van der Waals surface area contributed by atoms with Crippen LogP contribution < -0.4 is 5.56 Å². The number of carboxylic acids is 1. The average molecular weight is 335 g/mol. The second-order valence-electron chi connectivity index (χ2n) is 6.70. The second-order valence-corrected chi connectivity index (χ2v) is 6.70. The maximum absolute atomic E-state index is 13.0. The minimum Gasteiger partial charge on any atom is -0.481 e. The minimum absolute atomic E-state index is 0.0653. The van der Waals surface area contributed by atoms with Gasteiger partial charge in [-0.3, -0.25) is 14.4 Å². The topological polar surface area (TPSA) is 102 Å². The van der Waals surface area contributed by atoms with Crippen molar-refractivity contribution in [3.05, 3.63) is 27.2 Å². The van der Waals surface area contributed by atoms with Gasteiger partial charge in [-0.25, -0.2) is 4.68 Å². The van der Waals surface area contributed by atoms with Crippen molar-refractivity contribution in [2.45, 2.75) is 20.3 Å². The van der Waals surface area contributed by atoms with Gasteiger partial charge in [0.15, 0.2) is 0 Å². The van der Waals surface area contributed by atoms with Gasteiger partial charge in [-0.15, -0.1) is 0 Å². The van der Waals surface area contributed by atoms with Gasteiger partial charge in [0.2, 0.25) is 0 Å². The number of likely N-dealkylation sites (tertiary alicyclic amines) is 1. The number of amides is 1. The first kappa shape index (κ1) is 16.6. The highest BCUT2D eigenvalue weighted by molar-refractivity contribution is 5.96. The van der Waals surface area contributed by atoms with Gasteiger partial charge in [0.25, 0.3) is 11.5 Å². The molecule has 2 saturated heterocycles. The van der Waals surface area contributed by atoms with E-state index in [9.17, 15) is 19.5 Å². The Morgan fingerprint density at radius 3 is 2.71 bits per heavy atom. The molecule has 0 bridgehead atoms. The van der Waals surface area contributed by atoms with Crippen LogP contribution in [0.1, 0.15) is 28.0 Å². The van der Waals surface area contributed by atoms with Gasteiger partial charge in [0.1, 0.15) is 11.0 Å². The molecule has 0 saturated carbocycles. The van der Waals surface area contributed by atoms with Crippen molar-refractivity contribution in [3.8, 4) is 0 Å². The third kappa shape index (κ3) is 2.32. The van der Waals surface area contributed by atoms with Crippen LogP contribution in [-0.2, 0) is 16.6 Å². The number of hydrogen-bond acceptors (Lipinski definition) is 5. The van der Waals surface area contributed by atoms with E-state index in [0.717, 1.165) is 4.68 Å². The molecule has 2 fully saturated rings. The monoisotopic (exact) mass is 335 g/mol. The predicted molar refractivity (Wildman–Crippen MR) is 83.9 cm³/mol. The van der Waals surface area contributed by atoms with Crippen molar-refractivity contribution in [3.63, 3.8) is 0 Å². The Morgan fingerprint density at radius 1 is 1.38 bits per heavy atom. The minimum atomic E-state index is -1.07. The first-order valence-electron chi connectivity index (χ1n) is 7.93. The molecule has 24 heavy (non-hydrogen) atoms. The lowest BCUT2D eigenvalue weighted by Crippen LogP contribution is -2.47. The molecule has 1 N–H and O–H groups in total. The van der Waals surface area contributed by atoms with Crippen molar-refractivity contribution in [2.75, 3.05) is 26.3 Å². The van der Waals surface area contributed by atoms with Gasteiger partial charge in [0, 0.05) is 26.7 Å². The number of aromatic nitrogens is 2. The number of aliphatic carboxylic acids is 1. The number of carboxylic acid groups (broad SMARTS) is 1. The normalized spacial score (nSPS) is 26.3. The number of hydrogen-bond donors (Lipinski definition) is 1. The van der Waals surface area contributed by atoms with Crippen LogP contribution in [0.3, 0.4) is 0 Å². The van der Waals surface area contributed by atoms with Gasteiger partial charge in [-0.05, 0) is 31.7 Å². The van der Waals surface area contributed by atoms with Crippen LogP contribution in [0.4, 0.5) is 0 Å². The number of aryl methyl sites for hydroxylation is 2. The van der Waals surface area contributed by atoms with E-state index in [-0.39, 0.29) is 24.6 Å². The Balaban J connectivity index is 1.99. The smallest absolute Gasteiger partial charge is 0.314 e. The van der Waals surface area contributed by atoms with Crippen molar-refractivity contribution < 1.29 is 19.4 Å². The Morgan fingerprint density at radius 2 is 2.08 bits per heavy atom. The summed E-state index contributed by atoms with van der Waals surface area (Å²) < 4.78 is 6.52. The van der Waals surface area contributed by atoms with E-state index in [1.807, 2.05) is 0 Å². The molecule has 1 aromatic heterocycles. The first-order chi connectivity index (χ1) is 11.3. The van der Waals surface area contributed by atoms with Crippen LogP contribution in [-0.4, -0.2) is 58.0 Å². The molecule has 3 rings (SSSR count). The Kier molecular flexibility index (Phi) is 3.95. The second kappa shape index (κ2) is 5.70. The van der Waals surface area contributed by atoms with Crippen molar-refractivity contribution in [1.82, 2.24) is 14.7 Å². The molecule has 0 radical (unpaired) electrons. The molecule has 2 aliphatic heterocycles. The number of rotatable bonds is 2.